The normalized spacial score (nSPS) is 19.2. The van der Waals surface area contributed by atoms with Gasteiger partial charge >= 0.3 is 5.91 Å². The molecule has 3 amide bonds. The number of benzene rings is 1. The summed E-state index contributed by atoms with van der Waals surface area (Å²) in [5.74, 6) is -0.845. The molecule has 1 atom stereocenters. The molecule has 2 aliphatic rings. The average molecular weight is 541 g/mol. The number of hydrogen-bond donors (Lipinski definition) is 3. The van der Waals surface area contributed by atoms with Crippen LogP contribution in [0.4, 0.5) is 0 Å². The summed E-state index contributed by atoms with van der Waals surface area (Å²) in [5.41, 5.74) is 9.54. The Morgan fingerprint density at radius 2 is 2.16 bits per heavy atom. The highest BCUT2D eigenvalue weighted by atomic mass is 35.5. The fourth-order valence-electron chi connectivity index (χ4n) is 5.30. The van der Waals surface area contributed by atoms with Gasteiger partial charge in [-0.3, -0.25) is 19.3 Å². The summed E-state index contributed by atoms with van der Waals surface area (Å²) >= 11 is 7.66. The SMILES string of the molecule is CC(=O)NCCN1CCc2nc(C(=O)N=C3CCCC(c4c(C(N)=O)[nH]c5ccc(Cl)cc45)C3)sc2C1. The van der Waals surface area contributed by atoms with Crippen LogP contribution in [0.25, 0.3) is 10.9 Å². The summed E-state index contributed by atoms with van der Waals surface area (Å²) in [6.45, 7) is 4.44. The van der Waals surface area contributed by atoms with Crippen LogP contribution < -0.4 is 11.1 Å². The highest BCUT2D eigenvalue weighted by Crippen LogP contribution is 2.39. The Morgan fingerprint density at radius 3 is 2.95 bits per heavy atom. The number of nitrogens with one attached hydrogen (secondary N) is 2. The monoisotopic (exact) mass is 540 g/mol. The number of fused-ring (bicyclic) bond motifs is 2. The van der Waals surface area contributed by atoms with Crippen LogP contribution in [0.15, 0.2) is 23.2 Å². The summed E-state index contributed by atoms with van der Waals surface area (Å²) < 4.78 is 0. The molecule has 0 radical (unpaired) electrons. The lowest BCUT2D eigenvalue weighted by molar-refractivity contribution is -0.119. The van der Waals surface area contributed by atoms with Crippen molar-refractivity contribution in [3.8, 4) is 0 Å². The number of nitrogens with zero attached hydrogens (tertiary/aromatic N) is 3. The first-order valence-electron chi connectivity index (χ1n) is 12.5. The number of carbonyl (C=O) groups is 3. The van der Waals surface area contributed by atoms with Crippen molar-refractivity contribution in [2.45, 2.75) is 51.5 Å². The third-order valence-corrected chi connectivity index (χ3v) is 8.32. The first kappa shape index (κ1) is 25.6. The molecule has 3 heterocycles. The standard InChI is InChI=1S/C26H29ClN6O3S/c1-14(34)29-8-10-33-9-7-20-21(13-33)37-26(32-20)25(36)30-17-4-2-3-15(11-17)22-18-12-16(27)5-6-19(18)31-23(22)24(28)35/h5-6,12,15,31H,2-4,7-11,13H2,1H3,(H2,28,35)(H,29,34). The van der Waals surface area contributed by atoms with Gasteiger partial charge in [0.05, 0.1) is 5.69 Å². The molecule has 37 heavy (non-hydrogen) atoms. The molecule has 1 aliphatic carbocycles. The second kappa shape index (κ2) is 10.7. The molecule has 0 bridgehead atoms. The van der Waals surface area contributed by atoms with Gasteiger partial charge in [-0.15, -0.1) is 11.3 Å². The van der Waals surface area contributed by atoms with Crippen molar-refractivity contribution in [3.05, 3.63) is 50.1 Å². The van der Waals surface area contributed by atoms with Crippen molar-refractivity contribution in [2.75, 3.05) is 19.6 Å². The van der Waals surface area contributed by atoms with Crippen LogP contribution in [0.5, 0.6) is 0 Å². The van der Waals surface area contributed by atoms with E-state index in [0.717, 1.165) is 78.1 Å². The Bertz CT molecular complexity index is 1410. The molecule has 1 fully saturated rings. The molecule has 9 nitrogen and oxygen atoms in total. The lowest BCUT2D eigenvalue weighted by Gasteiger charge is -2.25. The van der Waals surface area contributed by atoms with Crippen molar-refractivity contribution in [1.29, 1.82) is 0 Å². The zero-order valence-corrected chi connectivity index (χ0v) is 22.2. The number of carbonyl (C=O) groups excluding carboxylic acids is 3. The summed E-state index contributed by atoms with van der Waals surface area (Å²) in [6, 6.07) is 5.47. The van der Waals surface area contributed by atoms with E-state index < -0.39 is 5.91 Å². The van der Waals surface area contributed by atoms with E-state index in [9.17, 15) is 14.4 Å². The van der Waals surface area contributed by atoms with Gasteiger partial charge in [0.2, 0.25) is 5.91 Å². The van der Waals surface area contributed by atoms with E-state index in [2.05, 4.69) is 25.2 Å². The average Bonchev–Trinajstić information content (AvgIpc) is 3.45. The number of hydrogen-bond acceptors (Lipinski definition) is 6. The molecule has 0 spiro atoms. The largest absolute Gasteiger partial charge is 0.364 e. The summed E-state index contributed by atoms with van der Waals surface area (Å²) in [4.78, 5) is 52.0. The van der Waals surface area contributed by atoms with Gasteiger partial charge < -0.3 is 16.0 Å². The van der Waals surface area contributed by atoms with E-state index >= 15 is 0 Å². The van der Waals surface area contributed by atoms with Gasteiger partial charge in [0.1, 0.15) is 5.69 Å². The maximum absolute atomic E-state index is 13.1. The molecular formula is C26H29ClN6O3S. The minimum absolute atomic E-state index is 0.0108. The highest BCUT2D eigenvalue weighted by Gasteiger charge is 2.29. The van der Waals surface area contributed by atoms with E-state index in [4.69, 9.17) is 17.3 Å². The molecule has 5 rings (SSSR count). The number of aliphatic imine (C=N–C) groups is 1. The molecule has 1 aliphatic heterocycles. The number of rotatable bonds is 6. The van der Waals surface area contributed by atoms with Crippen molar-refractivity contribution in [3.63, 3.8) is 0 Å². The van der Waals surface area contributed by atoms with Gasteiger partial charge in [-0.25, -0.2) is 9.98 Å². The molecule has 194 valence electrons. The molecule has 1 unspecified atom stereocenters. The number of nitrogens with two attached hydrogens (primary N) is 1. The van der Waals surface area contributed by atoms with Gasteiger partial charge in [-0.1, -0.05) is 11.6 Å². The first-order valence-corrected chi connectivity index (χ1v) is 13.6. The Hall–Kier alpha value is -3.08. The number of aromatic amines is 1. The minimum atomic E-state index is -0.512. The predicted octanol–water partition coefficient (Wildman–Crippen LogP) is 3.81. The topological polar surface area (TPSA) is 134 Å². The minimum Gasteiger partial charge on any atom is -0.364 e. The molecular weight excluding hydrogens is 512 g/mol. The molecule has 3 aromatic rings. The van der Waals surface area contributed by atoms with Gasteiger partial charge in [0.15, 0.2) is 5.01 Å². The second-order valence-electron chi connectivity index (χ2n) is 9.64. The van der Waals surface area contributed by atoms with Crippen molar-refractivity contribution in [2.24, 2.45) is 10.7 Å². The van der Waals surface area contributed by atoms with Crippen LogP contribution in [0, 0.1) is 0 Å². The number of primary amides is 1. The van der Waals surface area contributed by atoms with Crippen molar-refractivity contribution < 1.29 is 14.4 Å². The summed E-state index contributed by atoms with van der Waals surface area (Å²) in [5, 5.41) is 4.71. The molecule has 1 saturated carbocycles. The van der Waals surface area contributed by atoms with Gasteiger partial charge in [-0.05, 0) is 55.4 Å². The lowest BCUT2D eigenvalue weighted by atomic mass is 9.81. The van der Waals surface area contributed by atoms with Crippen LogP contribution in [-0.4, -0.2) is 57.9 Å². The van der Waals surface area contributed by atoms with Crippen LogP contribution in [-0.2, 0) is 17.8 Å². The predicted molar refractivity (Wildman–Crippen MR) is 145 cm³/mol. The Morgan fingerprint density at radius 1 is 1.32 bits per heavy atom. The molecule has 0 saturated heterocycles. The van der Waals surface area contributed by atoms with Gasteiger partial charge in [-0.2, -0.15) is 0 Å². The number of amides is 3. The highest BCUT2D eigenvalue weighted by molar-refractivity contribution is 7.13. The number of H-pyrrole nitrogens is 1. The number of halogens is 1. The fourth-order valence-corrected chi connectivity index (χ4v) is 6.51. The quantitative estimate of drug-likeness (QED) is 0.437. The van der Waals surface area contributed by atoms with Crippen molar-refractivity contribution >= 4 is 57.3 Å². The number of thiazole rings is 1. The zero-order chi connectivity index (χ0) is 26.1. The smallest absolute Gasteiger partial charge is 0.305 e. The van der Waals surface area contributed by atoms with Gasteiger partial charge in [0.25, 0.3) is 5.91 Å². The number of aromatic nitrogens is 2. The Balaban J connectivity index is 1.32. The molecule has 11 heteroatoms. The maximum Gasteiger partial charge on any atom is 0.305 e. The maximum atomic E-state index is 13.1. The van der Waals surface area contributed by atoms with Crippen LogP contribution in [0.2, 0.25) is 5.02 Å². The Kier molecular flexibility index (Phi) is 7.41. The molecule has 4 N–H and O–H groups in total. The lowest BCUT2D eigenvalue weighted by Crippen LogP contribution is -2.36. The Labute approximate surface area is 223 Å². The summed E-state index contributed by atoms with van der Waals surface area (Å²) in [7, 11) is 0. The van der Waals surface area contributed by atoms with E-state index in [-0.39, 0.29) is 17.7 Å². The van der Waals surface area contributed by atoms with Crippen LogP contribution >= 0.6 is 22.9 Å². The van der Waals surface area contributed by atoms with E-state index in [1.165, 1.54) is 18.3 Å². The summed E-state index contributed by atoms with van der Waals surface area (Å²) in [6.07, 6.45) is 3.82. The van der Waals surface area contributed by atoms with Crippen LogP contribution in [0.3, 0.4) is 0 Å². The van der Waals surface area contributed by atoms with E-state index in [0.29, 0.717) is 28.7 Å². The zero-order valence-electron chi connectivity index (χ0n) is 20.6. The second-order valence-corrected chi connectivity index (χ2v) is 11.2. The third-order valence-electron chi connectivity index (χ3n) is 7.01. The fraction of sp³-hybridized carbons (Fsp3) is 0.423. The third kappa shape index (κ3) is 5.61. The molecule has 1 aromatic carbocycles. The van der Waals surface area contributed by atoms with Gasteiger partial charge in [0, 0.05) is 66.0 Å². The molecule has 2 aromatic heterocycles. The van der Waals surface area contributed by atoms with E-state index in [1.807, 2.05) is 12.1 Å². The van der Waals surface area contributed by atoms with Crippen LogP contribution in [0.1, 0.15) is 75.0 Å². The van der Waals surface area contributed by atoms with Crippen molar-refractivity contribution in [1.82, 2.24) is 20.2 Å². The van der Waals surface area contributed by atoms with E-state index in [1.54, 1.807) is 6.07 Å². The first-order chi connectivity index (χ1) is 17.8.